The van der Waals surface area contributed by atoms with Crippen molar-refractivity contribution in [1.29, 1.82) is 0 Å². The summed E-state index contributed by atoms with van der Waals surface area (Å²) >= 11 is 0. The molecule has 2 heterocycles. The van der Waals surface area contributed by atoms with E-state index < -0.39 is 10.8 Å². The third kappa shape index (κ3) is 13.5. The number of para-hydroxylation sites is 2. The Bertz CT molecular complexity index is 8090. The summed E-state index contributed by atoms with van der Waals surface area (Å²) in [6, 6.07) is 137. The molecule has 700 valence electrons. The Labute approximate surface area is 839 Å². The van der Waals surface area contributed by atoms with Crippen molar-refractivity contribution in [2.45, 2.75) is 241 Å². The zero-order chi connectivity index (χ0) is 95.2. The van der Waals surface area contributed by atoms with E-state index >= 15 is 0 Å². The SMILES string of the molecule is CCCCCCCC1(CCCCCCC)c2ccccc2-c2ccc(-c3ccc4c(c3)C(C)(C)c3cc(-c5cc6c(c7c5oc5ccccc57)-c5ccc(CC(Cc7ccc8c(c7)C7(c9ccccc9-c9ccccc97)c7cc9c(cc7-8)C7(c8ccccc8-c8ccccc87)c7ccc8oc%10ccccc%10c8c7-9)c7ccc(-c8ccccc8)cc7)cc5C6(CCCCCCC)CCCCCCC)ccc3-4)cc21. The molecule has 2 heteroatoms. The van der Waals surface area contributed by atoms with Gasteiger partial charge in [0.2, 0.25) is 0 Å². The largest absolute Gasteiger partial charge is 0.456 e. The van der Waals surface area contributed by atoms with E-state index in [1.54, 1.807) is 11.1 Å². The third-order valence-corrected chi connectivity index (χ3v) is 35.8. The van der Waals surface area contributed by atoms with Crippen LogP contribution >= 0.6 is 0 Å². The van der Waals surface area contributed by atoms with E-state index in [0.29, 0.717) is 0 Å². The van der Waals surface area contributed by atoms with Gasteiger partial charge in [-0.2, -0.15) is 0 Å². The molecule has 7 aliphatic carbocycles. The van der Waals surface area contributed by atoms with E-state index in [-0.39, 0.29) is 22.2 Å². The molecule has 2 spiro atoms. The standard InChI is InChI=1S/C140H128O2/c1-7-11-15-19-40-76-137(77-41-20-16-12-8-2)114-53-33-26-46-99(114)106-72-67-96(85-123(106)137)95-66-71-104-105-73-68-97(86-121(105)136(5,6)120(104)84-95)111-87-127-131(134-110-52-32-39-59-129(110)142-135(111)134)108-70-61-90(82-122(108)138(127,78-42-21-17-13-9-3)79-43-22-18-14-10-4)80-98(94-64-62-93(63-65-94)92-44-24-23-25-45-92)81-91-60-69-107-112-88-126-113(89-125(112)140(124(107)83-91)117-56-36-29-49-102(117)103-50-30-37-57-118(103)140)132-119(74-75-130-133(132)109-51-31-38-58-128(109)141-130)139(126)115-54-34-27-47-100(115)101-48-28-35-55-116(101)139/h23-39,44-75,82-89,98H,7-22,40-43,76-81H2,1-6H3. The summed E-state index contributed by atoms with van der Waals surface area (Å²) in [6.45, 7) is 14.5. The van der Waals surface area contributed by atoms with Gasteiger partial charge in [-0.25, -0.2) is 0 Å². The van der Waals surface area contributed by atoms with Gasteiger partial charge in [0, 0.05) is 43.4 Å². The van der Waals surface area contributed by atoms with Crippen molar-refractivity contribution in [3.63, 3.8) is 0 Å². The molecule has 0 saturated heterocycles. The van der Waals surface area contributed by atoms with Crippen LogP contribution in [0, 0.1) is 0 Å². The summed E-state index contributed by atoms with van der Waals surface area (Å²) in [6.07, 6.45) is 31.5. The van der Waals surface area contributed by atoms with E-state index in [0.717, 1.165) is 53.4 Å². The Hall–Kier alpha value is -13.7. The van der Waals surface area contributed by atoms with Gasteiger partial charge >= 0.3 is 0 Å². The van der Waals surface area contributed by atoms with Gasteiger partial charge in [-0.05, 0) is 299 Å². The number of fused-ring (bicyclic) bond motifs is 37. The molecule has 0 aliphatic heterocycles. The van der Waals surface area contributed by atoms with Gasteiger partial charge < -0.3 is 8.83 Å². The van der Waals surface area contributed by atoms with Gasteiger partial charge in [0.25, 0.3) is 0 Å². The molecule has 19 aromatic rings. The maximum atomic E-state index is 7.56. The molecule has 2 aromatic heterocycles. The summed E-state index contributed by atoms with van der Waals surface area (Å²) < 4.78 is 14.5. The summed E-state index contributed by atoms with van der Waals surface area (Å²) in [5.74, 6) is 0.111. The van der Waals surface area contributed by atoms with Gasteiger partial charge in [0.05, 0.1) is 10.8 Å². The first-order valence-corrected chi connectivity index (χ1v) is 54.5. The van der Waals surface area contributed by atoms with Crippen LogP contribution in [0.4, 0.5) is 0 Å². The van der Waals surface area contributed by atoms with Crippen LogP contribution in [0.1, 0.15) is 296 Å². The minimum atomic E-state index is -0.638. The molecule has 142 heavy (non-hydrogen) atoms. The summed E-state index contributed by atoms with van der Waals surface area (Å²) in [4.78, 5) is 0. The van der Waals surface area contributed by atoms with Gasteiger partial charge in [-0.15, -0.1) is 0 Å². The predicted octanol–water partition coefficient (Wildman–Crippen LogP) is 39.0. The van der Waals surface area contributed by atoms with Crippen LogP contribution in [0.5, 0.6) is 0 Å². The van der Waals surface area contributed by atoms with E-state index in [1.807, 2.05) is 0 Å². The smallest absolute Gasteiger partial charge is 0.143 e. The van der Waals surface area contributed by atoms with Crippen LogP contribution in [-0.2, 0) is 39.9 Å². The highest BCUT2D eigenvalue weighted by Crippen LogP contribution is 2.71. The van der Waals surface area contributed by atoms with Crippen LogP contribution in [0.3, 0.4) is 0 Å². The highest BCUT2D eigenvalue weighted by molar-refractivity contribution is 6.20. The highest BCUT2D eigenvalue weighted by Gasteiger charge is 2.58. The molecule has 26 rings (SSSR count). The molecule has 0 saturated carbocycles. The van der Waals surface area contributed by atoms with Crippen molar-refractivity contribution >= 4 is 43.9 Å². The number of hydrogen-bond acceptors (Lipinski definition) is 2. The second kappa shape index (κ2) is 35.5. The Morgan fingerprint density at radius 1 is 0.218 bits per heavy atom. The maximum absolute atomic E-state index is 7.56. The first-order valence-electron chi connectivity index (χ1n) is 54.5. The Morgan fingerprint density at radius 2 is 0.585 bits per heavy atom. The van der Waals surface area contributed by atoms with Crippen LogP contribution in [0.15, 0.2) is 355 Å². The fraction of sp³-hybridized carbons (Fsp3) is 0.271. The number of benzene rings is 17. The van der Waals surface area contributed by atoms with Crippen LogP contribution < -0.4 is 0 Å². The van der Waals surface area contributed by atoms with E-state index in [9.17, 15) is 0 Å². The van der Waals surface area contributed by atoms with Crippen molar-refractivity contribution in [1.82, 2.24) is 0 Å². The average Bonchev–Trinajstić information content (AvgIpc) is 1.48. The van der Waals surface area contributed by atoms with Gasteiger partial charge in [0.15, 0.2) is 0 Å². The van der Waals surface area contributed by atoms with Crippen molar-refractivity contribution < 1.29 is 8.83 Å². The Kier molecular flexibility index (Phi) is 22.1. The van der Waals surface area contributed by atoms with Crippen LogP contribution in [0.25, 0.3) is 155 Å². The lowest BCUT2D eigenvalue weighted by Crippen LogP contribution is -2.27. The predicted molar refractivity (Wildman–Crippen MR) is 596 cm³/mol. The van der Waals surface area contributed by atoms with E-state index in [2.05, 4.69) is 387 Å². The van der Waals surface area contributed by atoms with Crippen molar-refractivity contribution in [2.24, 2.45) is 0 Å². The van der Waals surface area contributed by atoms with Crippen LogP contribution in [-0.4, -0.2) is 0 Å². The van der Waals surface area contributed by atoms with Gasteiger partial charge in [-0.1, -0.05) is 461 Å². The molecule has 1 unspecified atom stereocenters. The molecule has 0 radical (unpaired) electrons. The second-order valence-corrected chi connectivity index (χ2v) is 43.9. The minimum Gasteiger partial charge on any atom is -0.456 e. The van der Waals surface area contributed by atoms with E-state index in [1.165, 1.54) is 352 Å². The van der Waals surface area contributed by atoms with Crippen molar-refractivity contribution in [2.75, 3.05) is 0 Å². The summed E-state index contributed by atoms with van der Waals surface area (Å²) in [7, 11) is 0. The summed E-state index contributed by atoms with van der Waals surface area (Å²) in [5, 5.41) is 4.82. The Balaban J connectivity index is 0.607. The number of hydrogen-bond donors (Lipinski definition) is 0. The highest BCUT2D eigenvalue weighted by atomic mass is 16.3. The topological polar surface area (TPSA) is 26.3 Å². The van der Waals surface area contributed by atoms with Crippen molar-refractivity contribution in [3.05, 3.63) is 440 Å². The lowest BCUT2D eigenvalue weighted by molar-refractivity contribution is 0.398. The van der Waals surface area contributed by atoms with Crippen molar-refractivity contribution in [3.8, 4) is 111 Å². The molecule has 17 aromatic carbocycles. The monoisotopic (exact) mass is 1840 g/mol. The zero-order valence-corrected chi connectivity index (χ0v) is 83.7. The molecular formula is C140H128O2. The molecule has 0 bridgehead atoms. The molecule has 7 aliphatic rings. The molecule has 0 amide bonds. The van der Waals surface area contributed by atoms with Gasteiger partial charge in [-0.3, -0.25) is 0 Å². The maximum Gasteiger partial charge on any atom is 0.143 e. The molecule has 0 fully saturated rings. The molecule has 0 N–H and O–H groups in total. The lowest BCUT2D eigenvalue weighted by atomic mass is 9.68. The van der Waals surface area contributed by atoms with Crippen LogP contribution in [0.2, 0.25) is 0 Å². The number of furan rings is 2. The number of rotatable bonds is 32. The molecule has 1 atom stereocenters. The minimum absolute atomic E-state index is 0.0154. The summed E-state index contributed by atoms with van der Waals surface area (Å²) in [5.41, 5.74) is 52.3. The first kappa shape index (κ1) is 88.5. The quantitative estimate of drug-likeness (QED) is 0.0393. The second-order valence-electron chi connectivity index (χ2n) is 43.9. The fourth-order valence-electron chi connectivity index (χ4n) is 29.1. The number of unbranched alkanes of at least 4 members (excludes halogenated alkanes) is 16. The molecular weight excluding hydrogens is 1710 g/mol. The first-order chi connectivity index (χ1) is 70.0. The third-order valence-electron chi connectivity index (χ3n) is 35.8. The average molecular weight is 1840 g/mol. The zero-order valence-electron chi connectivity index (χ0n) is 83.7. The lowest BCUT2D eigenvalue weighted by Gasteiger charge is -2.34. The fourth-order valence-corrected chi connectivity index (χ4v) is 29.1. The van der Waals surface area contributed by atoms with E-state index in [4.69, 9.17) is 8.83 Å². The normalized spacial score (nSPS) is 15.1. The van der Waals surface area contributed by atoms with Gasteiger partial charge in [0.1, 0.15) is 22.3 Å². The Morgan fingerprint density at radius 3 is 1.14 bits per heavy atom. The molecule has 2 nitrogen and oxygen atoms in total.